The molecular formula is C20H30N4O. The fraction of sp³-hybridized carbons (Fsp3) is 0.600. The summed E-state index contributed by atoms with van der Waals surface area (Å²) in [5, 5.41) is 7.55. The van der Waals surface area contributed by atoms with E-state index < -0.39 is 0 Å². The summed E-state index contributed by atoms with van der Waals surface area (Å²) < 4.78 is 5.43. The minimum atomic E-state index is -0.101. The number of hydrogen-bond donors (Lipinski definition) is 1. The molecule has 0 bridgehead atoms. The molecule has 2 aromatic rings. The summed E-state index contributed by atoms with van der Waals surface area (Å²) in [5.74, 6) is 1.37. The van der Waals surface area contributed by atoms with E-state index in [-0.39, 0.29) is 11.5 Å². The predicted octanol–water partition coefficient (Wildman–Crippen LogP) is 4.92. The van der Waals surface area contributed by atoms with Crippen LogP contribution >= 0.6 is 0 Å². The van der Waals surface area contributed by atoms with Crippen molar-refractivity contribution in [2.75, 3.05) is 23.3 Å². The zero-order valence-corrected chi connectivity index (χ0v) is 15.9. The van der Waals surface area contributed by atoms with Crippen molar-refractivity contribution in [3.8, 4) is 0 Å². The Morgan fingerprint density at radius 3 is 2.24 bits per heavy atom. The third-order valence-corrected chi connectivity index (χ3v) is 4.70. The Morgan fingerprint density at radius 1 is 1.04 bits per heavy atom. The fourth-order valence-corrected chi connectivity index (χ4v) is 3.12. The highest BCUT2D eigenvalue weighted by Gasteiger charge is 2.23. The molecule has 0 unspecified atom stereocenters. The van der Waals surface area contributed by atoms with Gasteiger partial charge in [-0.05, 0) is 44.0 Å². The maximum Gasteiger partial charge on any atom is 0.248 e. The molecular weight excluding hydrogens is 312 g/mol. The van der Waals surface area contributed by atoms with Crippen molar-refractivity contribution in [3.05, 3.63) is 36.0 Å². The first-order valence-electron chi connectivity index (χ1n) is 9.39. The van der Waals surface area contributed by atoms with E-state index in [0.717, 1.165) is 11.5 Å². The van der Waals surface area contributed by atoms with Crippen molar-refractivity contribution < 1.29 is 4.52 Å². The molecule has 0 radical (unpaired) electrons. The van der Waals surface area contributed by atoms with E-state index in [2.05, 4.69) is 65.4 Å². The Bertz CT molecular complexity index is 664. The van der Waals surface area contributed by atoms with Gasteiger partial charge >= 0.3 is 0 Å². The number of hydrogen-bond acceptors (Lipinski definition) is 5. The van der Waals surface area contributed by atoms with E-state index in [9.17, 15) is 0 Å². The molecule has 1 aliphatic rings. The van der Waals surface area contributed by atoms with Crippen LogP contribution in [0, 0.1) is 0 Å². The standard InChI is InChI=1S/C20H30N4O/c1-15(18-22-19(23-25-18)20(2,3)4)21-16-9-11-17(12-10-16)24-13-7-5-6-8-14-24/h9-12,15,21H,5-8,13-14H2,1-4H3/t15-/m0/s1. The Balaban J connectivity index is 1.63. The summed E-state index contributed by atoms with van der Waals surface area (Å²) in [7, 11) is 0. The molecule has 1 aromatic heterocycles. The van der Waals surface area contributed by atoms with Crippen molar-refractivity contribution >= 4 is 11.4 Å². The summed E-state index contributed by atoms with van der Waals surface area (Å²) in [6, 6.07) is 8.66. The predicted molar refractivity (Wildman–Crippen MR) is 102 cm³/mol. The molecule has 1 fully saturated rings. The third kappa shape index (κ3) is 4.53. The van der Waals surface area contributed by atoms with Crippen molar-refractivity contribution in [2.24, 2.45) is 0 Å². The van der Waals surface area contributed by atoms with Crippen LogP contribution in [-0.2, 0) is 5.41 Å². The second kappa shape index (κ2) is 7.46. The molecule has 5 heteroatoms. The molecule has 0 saturated carbocycles. The van der Waals surface area contributed by atoms with Crippen LogP contribution in [0.25, 0.3) is 0 Å². The summed E-state index contributed by atoms with van der Waals surface area (Å²) in [5.41, 5.74) is 2.28. The van der Waals surface area contributed by atoms with Gasteiger partial charge in [-0.3, -0.25) is 0 Å². The first-order chi connectivity index (χ1) is 11.9. The zero-order valence-electron chi connectivity index (χ0n) is 15.9. The Morgan fingerprint density at radius 2 is 1.68 bits per heavy atom. The van der Waals surface area contributed by atoms with Gasteiger partial charge in [0.05, 0.1) is 0 Å². The van der Waals surface area contributed by atoms with Gasteiger partial charge in [0.15, 0.2) is 5.82 Å². The van der Waals surface area contributed by atoms with Gasteiger partial charge in [0.1, 0.15) is 6.04 Å². The summed E-state index contributed by atoms with van der Waals surface area (Å²) >= 11 is 0. The summed E-state index contributed by atoms with van der Waals surface area (Å²) in [6.45, 7) is 10.6. The van der Waals surface area contributed by atoms with Crippen molar-refractivity contribution in [1.82, 2.24) is 10.1 Å². The van der Waals surface area contributed by atoms with E-state index in [1.54, 1.807) is 0 Å². The van der Waals surface area contributed by atoms with Crippen LogP contribution in [-0.4, -0.2) is 23.2 Å². The maximum absolute atomic E-state index is 5.43. The molecule has 1 aliphatic heterocycles. The van der Waals surface area contributed by atoms with E-state index in [1.165, 1.54) is 44.5 Å². The SMILES string of the molecule is C[C@H](Nc1ccc(N2CCCCCC2)cc1)c1nc(C(C)(C)C)no1. The average Bonchev–Trinajstić information content (AvgIpc) is 2.93. The number of benzene rings is 1. The molecule has 1 atom stereocenters. The number of rotatable bonds is 4. The van der Waals surface area contributed by atoms with Crippen molar-refractivity contribution in [1.29, 1.82) is 0 Å². The minimum Gasteiger partial charge on any atom is -0.374 e. The molecule has 3 rings (SSSR count). The number of nitrogens with one attached hydrogen (secondary N) is 1. The maximum atomic E-state index is 5.43. The lowest BCUT2D eigenvalue weighted by atomic mass is 9.96. The fourth-order valence-electron chi connectivity index (χ4n) is 3.12. The highest BCUT2D eigenvalue weighted by atomic mass is 16.5. The lowest BCUT2D eigenvalue weighted by Crippen LogP contribution is -2.23. The molecule has 1 aromatic carbocycles. The van der Waals surface area contributed by atoms with Gasteiger partial charge in [-0.2, -0.15) is 4.98 Å². The molecule has 0 aliphatic carbocycles. The summed E-state index contributed by atoms with van der Waals surface area (Å²) in [4.78, 5) is 7.02. The second-order valence-electron chi connectivity index (χ2n) is 8.02. The van der Waals surface area contributed by atoms with E-state index in [4.69, 9.17) is 4.52 Å². The van der Waals surface area contributed by atoms with E-state index in [1.807, 2.05) is 6.92 Å². The smallest absolute Gasteiger partial charge is 0.248 e. The van der Waals surface area contributed by atoms with Gasteiger partial charge in [0, 0.05) is 29.9 Å². The molecule has 0 amide bonds. The first kappa shape index (κ1) is 17.8. The van der Waals surface area contributed by atoms with Crippen LogP contribution in [0.3, 0.4) is 0 Å². The molecule has 25 heavy (non-hydrogen) atoms. The molecule has 5 nitrogen and oxygen atoms in total. The lowest BCUT2D eigenvalue weighted by Gasteiger charge is -2.23. The second-order valence-corrected chi connectivity index (χ2v) is 8.02. The molecule has 2 heterocycles. The van der Waals surface area contributed by atoms with Crippen LogP contribution < -0.4 is 10.2 Å². The van der Waals surface area contributed by atoms with E-state index >= 15 is 0 Å². The van der Waals surface area contributed by atoms with Gasteiger partial charge in [0.25, 0.3) is 0 Å². The van der Waals surface area contributed by atoms with Crippen LogP contribution in [0.5, 0.6) is 0 Å². The highest BCUT2D eigenvalue weighted by molar-refractivity contribution is 5.55. The van der Waals surface area contributed by atoms with Crippen molar-refractivity contribution in [3.63, 3.8) is 0 Å². The quantitative estimate of drug-likeness (QED) is 0.854. The molecule has 0 spiro atoms. The van der Waals surface area contributed by atoms with Crippen LogP contribution in [0.1, 0.15) is 71.1 Å². The van der Waals surface area contributed by atoms with Crippen LogP contribution in [0.15, 0.2) is 28.8 Å². The van der Waals surface area contributed by atoms with E-state index in [0.29, 0.717) is 5.89 Å². The van der Waals surface area contributed by atoms with Gasteiger partial charge in [-0.15, -0.1) is 0 Å². The third-order valence-electron chi connectivity index (χ3n) is 4.70. The topological polar surface area (TPSA) is 54.2 Å². The zero-order chi connectivity index (χ0) is 17.9. The van der Waals surface area contributed by atoms with Crippen LogP contribution in [0.2, 0.25) is 0 Å². The number of nitrogens with zero attached hydrogens (tertiary/aromatic N) is 3. The molecule has 136 valence electrons. The molecule has 1 saturated heterocycles. The van der Waals surface area contributed by atoms with Gasteiger partial charge in [0.2, 0.25) is 5.89 Å². The van der Waals surface area contributed by atoms with Gasteiger partial charge in [-0.1, -0.05) is 38.8 Å². The Kier molecular flexibility index (Phi) is 5.30. The highest BCUT2D eigenvalue weighted by Crippen LogP contribution is 2.25. The largest absolute Gasteiger partial charge is 0.374 e. The molecule has 1 N–H and O–H groups in total. The lowest BCUT2D eigenvalue weighted by molar-refractivity contribution is 0.354. The van der Waals surface area contributed by atoms with Gasteiger partial charge in [-0.25, -0.2) is 0 Å². The van der Waals surface area contributed by atoms with Crippen LogP contribution in [0.4, 0.5) is 11.4 Å². The number of aromatic nitrogens is 2. The normalized spacial score (nSPS) is 17.2. The summed E-state index contributed by atoms with van der Waals surface area (Å²) in [6.07, 6.45) is 5.30. The number of anilines is 2. The Hall–Kier alpha value is -2.04. The van der Waals surface area contributed by atoms with Gasteiger partial charge < -0.3 is 14.7 Å². The first-order valence-corrected chi connectivity index (χ1v) is 9.39. The monoisotopic (exact) mass is 342 g/mol. The Labute approximate surface area is 150 Å². The van der Waals surface area contributed by atoms with Crippen molar-refractivity contribution in [2.45, 2.75) is 64.8 Å². The average molecular weight is 342 g/mol. The minimum absolute atomic E-state index is 0.0207.